The summed E-state index contributed by atoms with van der Waals surface area (Å²) >= 11 is 1.81. The van der Waals surface area contributed by atoms with Gasteiger partial charge in [-0.25, -0.2) is 4.99 Å². The molecular formula is C22H37N5O2S. The van der Waals surface area contributed by atoms with Crippen molar-refractivity contribution in [1.82, 2.24) is 20.4 Å². The van der Waals surface area contributed by atoms with Gasteiger partial charge in [0.2, 0.25) is 5.91 Å². The van der Waals surface area contributed by atoms with Gasteiger partial charge in [-0.3, -0.25) is 4.79 Å². The highest BCUT2D eigenvalue weighted by molar-refractivity contribution is 7.99. The smallest absolute Gasteiger partial charge is 0.243 e. The van der Waals surface area contributed by atoms with Crippen LogP contribution in [0.15, 0.2) is 40.2 Å². The number of ether oxygens (including phenoxy) is 1. The highest BCUT2D eigenvalue weighted by atomic mass is 32.2. The maximum absolute atomic E-state index is 12.0. The third-order valence-corrected chi connectivity index (χ3v) is 6.04. The SMILES string of the molecule is COCCCN1CCC(NC(=NCC(=O)N(C)C)NCCSc2ccccc2)CC1. The first-order valence-corrected chi connectivity index (χ1v) is 11.7. The van der Waals surface area contributed by atoms with Gasteiger partial charge >= 0.3 is 0 Å². The molecule has 0 spiro atoms. The van der Waals surface area contributed by atoms with E-state index in [1.165, 1.54) is 4.90 Å². The Morgan fingerprint density at radius 1 is 1.27 bits per heavy atom. The maximum atomic E-state index is 12.0. The van der Waals surface area contributed by atoms with Crippen LogP contribution >= 0.6 is 11.8 Å². The molecule has 1 fully saturated rings. The lowest BCUT2D eigenvalue weighted by Crippen LogP contribution is -2.49. The van der Waals surface area contributed by atoms with Gasteiger partial charge in [0.15, 0.2) is 5.96 Å². The summed E-state index contributed by atoms with van der Waals surface area (Å²) in [5.74, 6) is 1.67. The first-order chi connectivity index (χ1) is 14.6. The average Bonchev–Trinajstić information content (AvgIpc) is 2.76. The minimum Gasteiger partial charge on any atom is -0.385 e. The van der Waals surface area contributed by atoms with E-state index < -0.39 is 0 Å². The van der Waals surface area contributed by atoms with E-state index in [1.54, 1.807) is 26.1 Å². The topological polar surface area (TPSA) is 69.2 Å². The van der Waals surface area contributed by atoms with Crippen LogP contribution < -0.4 is 10.6 Å². The molecule has 1 aliphatic rings. The normalized spacial score (nSPS) is 15.8. The standard InChI is InChI=1S/C22H37N5O2S/c1-26(2)21(28)18-24-22(23-12-17-30-20-8-5-4-6-9-20)25-19-10-14-27(15-11-19)13-7-16-29-3/h4-6,8-9,19H,7,10-18H2,1-3H3,(H2,23,24,25). The number of nitrogens with one attached hydrogen (secondary N) is 2. The van der Waals surface area contributed by atoms with Crippen LogP contribution in [0, 0.1) is 0 Å². The molecule has 0 aliphatic carbocycles. The predicted molar refractivity (Wildman–Crippen MR) is 125 cm³/mol. The fourth-order valence-electron chi connectivity index (χ4n) is 3.22. The maximum Gasteiger partial charge on any atom is 0.243 e. The van der Waals surface area contributed by atoms with Crippen molar-refractivity contribution < 1.29 is 9.53 Å². The molecular weight excluding hydrogens is 398 g/mol. The molecule has 0 saturated carbocycles. The molecule has 1 amide bonds. The Morgan fingerprint density at radius 2 is 2.00 bits per heavy atom. The molecule has 0 atom stereocenters. The summed E-state index contributed by atoms with van der Waals surface area (Å²) in [6.07, 6.45) is 3.23. The number of piperidine rings is 1. The number of likely N-dealkylation sites (N-methyl/N-ethyl adjacent to an activating group) is 1. The van der Waals surface area contributed by atoms with Crippen molar-refractivity contribution >= 4 is 23.6 Å². The number of hydrogen-bond acceptors (Lipinski definition) is 5. The van der Waals surface area contributed by atoms with E-state index in [1.807, 2.05) is 17.8 Å². The van der Waals surface area contributed by atoms with Crippen molar-refractivity contribution in [3.05, 3.63) is 30.3 Å². The molecule has 1 aromatic carbocycles. The highest BCUT2D eigenvalue weighted by Crippen LogP contribution is 2.15. The Labute approximate surface area is 185 Å². The number of aliphatic imine (C=N–C) groups is 1. The number of guanidine groups is 1. The van der Waals surface area contributed by atoms with Crippen LogP contribution in [-0.2, 0) is 9.53 Å². The van der Waals surface area contributed by atoms with Crippen LogP contribution in [0.5, 0.6) is 0 Å². The van der Waals surface area contributed by atoms with Gasteiger partial charge in [-0.05, 0) is 31.4 Å². The van der Waals surface area contributed by atoms with Crippen molar-refractivity contribution in [2.75, 3.05) is 66.3 Å². The summed E-state index contributed by atoms with van der Waals surface area (Å²) in [6.45, 7) is 5.01. The molecule has 0 radical (unpaired) electrons. The Hall–Kier alpha value is -1.77. The van der Waals surface area contributed by atoms with Gasteiger partial charge in [0, 0.05) is 70.7 Å². The molecule has 1 heterocycles. The zero-order valence-corrected chi connectivity index (χ0v) is 19.4. The summed E-state index contributed by atoms with van der Waals surface area (Å²) in [6, 6.07) is 10.8. The number of thioether (sulfide) groups is 1. The van der Waals surface area contributed by atoms with Crippen molar-refractivity contribution in [3.8, 4) is 0 Å². The van der Waals surface area contributed by atoms with E-state index in [-0.39, 0.29) is 12.5 Å². The van der Waals surface area contributed by atoms with Crippen molar-refractivity contribution in [1.29, 1.82) is 0 Å². The summed E-state index contributed by atoms with van der Waals surface area (Å²) in [7, 11) is 5.27. The number of carbonyl (C=O) groups is 1. The van der Waals surface area contributed by atoms with Crippen LogP contribution in [0.2, 0.25) is 0 Å². The molecule has 0 aromatic heterocycles. The van der Waals surface area contributed by atoms with Crippen molar-refractivity contribution in [2.45, 2.75) is 30.2 Å². The first kappa shape index (κ1) is 24.5. The van der Waals surface area contributed by atoms with Gasteiger partial charge in [0.1, 0.15) is 6.54 Å². The average molecular weight is 436 g/mol. The van der Waals surface area contributed by atoms with Gasteiger partial charge in [-0.15, -0.1) is 11.8 Å². The van der Waals surface area contributed by atoms with Crippen LogP contribution in [0.4, 0.5) is 0 Å². The van der Waals surface area contributed by atoms with E-state index in [0.717, 1.165) is 63.8 Å². The Morgan fingerprint density at radius 3 is 2.67 bits per heavy atom. The molecule has 2 rings (SSSR count). The van der Waals surface area contributed by atoms with Crippen molar-refractivity contribution in [3.63, 3.8) is 0 Å². The number of hydrogen-bond donors (Lipinski definition) is 2. The first-order valence-electron chi connectivity index (χ1n) is 10.7. The third kappa shape index (κ3) is 9.82. The van der Waals surface area contributed by atoms with E-state index in [9.17, 15) is 4.79 Å². The largest absolute Gasteiger partial charge is 0.385 e. The lowest BCUT2D eigenvalue weighted by molar-refractivity contribution is -0.127. The van der Waals surface area contributed by atoms with Gasteiger partial charge in [0.05, 0.1) is 0 Å². The van der Waals surface area contributed by atoms with Gasteiger partial charge in [-0.2, -0.15) is 0 Å². The Kier molecular flexibility index (Phi) is 11.7. The quantitative estimate of drug-likeness (QED) is 0.240. The molecule has 1 aromatic rings. The second kappa shape index (κ2) is 14.3. The monoisotopic (exact) mass is 435 g/mol. The molecule has 0 unspecified atom stereocenters. The Bertz CT molecular complexity index is 634. The second-order valence-corrected chi connectivity index (χ2v) is 8.82. The minimum absolute atomic E-state index is 0.00252. The van der Waals surface area contributed by atoms with Gasteiger partial charge < -0.3 is 25.2 Å². The van der Waals surface area contributed by atoms with Crippen molar-refractivity contribution in [2.24, 2.45) is 4.99 Å². The van der Waals surface area contributed by atoms with E-state index in [0.29, 0.717) is 6.04 Å². The summed E-state index contributed by atoms with van der Waals surface area (Å²) in [5.41, 5.74) is 0. The lowest BCUT2D eigenvalue weighted by atomic mass is 10.1. The van der Waals surface area contributed by atoms with Crippen LogP contribution in [0.1, 0.15) is 19.3 Å². The van der Waals surface area contributed by atoms with Crippen LogP contribution in [0.25, 0.3) is 0 Å². The number of benzene rings is 1. The summed E-state index contributed by atoms with van der Waals surface area (Å²) in [4.78, 5) is 21.8. The Balaban J connectivity index is 1.79. The second-order valence-electron chi connectivity index (χ2n) is 7.65. The molecule has 0 bridgehead atoms. The fraction of sp³-hybridized carbons (Fsp3) is 0.636. The number of nitrogens with zero attached hydrogens (tertiary/aromatic N) is 3. The number of likely N-dealkylation sites (tertiary alicyclic amines) is 1. The zero-order chi connectivity index (χ0) is 21.6. The molecule has 2 N–H and O–H groups in total. The molecule has 1 aliphatic heterocycles. The molecule has 8 heteroatoms. The number of methoxy groups -OCH3 is 1. The molecule has 30 heavy (non-hydrogen) atoms. The molecule has 1 saturated heterocycles. The predicted octanol–water partition coefficient (Wildman–Crippen LogP) is 1.90. The van der Waals surface area contributed by atoms with Gasteiger partial charge in [-0.1, -0.05) is 18.2 Å². The van der Waals surface area contributed by atoms with Crippen LogP contribution in [-0.4, -0.2) is 94.0 Å². The molecule has 168 valence electrons. The molecule has 7 nitrogen and oxygen atoms in total. The summed E-state index contributed by atoms with van der Waals surface area (Å²) < 4.78 is 5.15. The third-order valence-electron chi connectivity index (χ3n) is 5.03. The zero-order valence-electron chi connectivity index (χ0n) is 18.6. The lowest BCUT2D eigenvalue weighted by Gasteiger charge is -2.33. The van der Waals surface area contributed by atoms with Crippen LogP contribution in [0.3, 0.4) is 0 Å². The number of amides is 1. The van der Waals surface area contributed by atoms with E-state index >= 15 is 0 Å². The fourth-order valence-corrected chi connectivity index (χ4v) is 4.01. The van der Waals surface area contributed by atoms with E-state index in [4.69, 9.17) is 4.74 Å². The highest BCUT2D eigenvalue weighted by Gasteiger charge is 2.19. The van der Waals surface area contributed by atoms with E-state index in [2.05, 4.69) is 44.8 Å². The number of carbonyl (C=O) groups excluding carboxylic acids is 1. The number of rotatable bonds is 11. The minimum atomic E-state index is 0.00252. The summed E-state index contributed by atoms with van der Waals surface area (Å²) in [5, 5.41) is 6.95. The van der Waals surface area contributed by atoms with Gasteiger partial charge in [0.25, 0.3) is 0 Å².